The van der Waals surface area contributed by atoms with Gasteiger partial charge in [0.15, 0.2) is 0 Å². The largest absolute Gasteiger partial charge is 0.474 e. The second-order valence-corrected chi connectivity index (χ2v) is 5.71. The molecule has 1 saturated carbocycles. The van der Waals surface area contributed by atoms with Crippen molar-refractivity contribution in [1.29, 1.82) is 0 Å². The van der Waals surface area contributed by atoms with Crippen molar-refractivity contribution < 1.29 is 9.53 Å². The number of carbonyl (C=O) groups excluding carboxylic acids is 1. The summed E-state index contributed by atoms with van der Waals surface area (Å²) in [6.45, 7) is 3.47. The van der Waals surface area contributed by atoms with Crippen LogP contribution in [0.15, 0.2) is 12.3 Å². The zero-order valence-corrected chi connectivity index (χ0v) is 11.9. The second kappa shape index (κ2) is 5.77. The minimum absolute atomic E-state index is 0.162. The zero-order chi connectivity index (χ0) is 13.9. The molecule has 2 fully saturated rings. The first kappa shape index (κ1) is 13.3. The van der Waals surface area contributed by atoms with Gasteiger partial charge in [0.05, 0.1) is 0 Å². The molecule has 0 N–H and O–H groups in total. The molecule has 2 heterocycles. The average Bonchev–Trinajstić information content (AvgIpc) is 2.37. The summed E-state index contributed by atoms with van der Waals surface area (Å²) in [7, 11) is 0. The van der Waals surface area contributed by atoms with E-state index in [9.17, 15) is 4.79 Å². The number of aryl methyl sites for hydroxylation is 1. The van der Waals surface area contributed by atoms with Crippen molar-refractivity contribution in [3.8, 4) is 5.88 Å². The monoisotopic (exact) mass is 275 g/mol. The summed E-state index contributed by atoms with van der Waals surface area (Å²) in [6, 6.07) is 1.79. The molecule has 0 radical (unpaired) electrons. The maximum Gasteiger partial charge on any atom is 0.225 e. The van der Waals surface area contributed by atoms with Gasteiger partial charge in [-0.2, -0.15) is 4.98 Å². The van der Waals surface area contributed by atoms with Crippen LogP contribution in [0.3, 0.4) is 0 Å². The Hall–Kier alpha value is -1.65. The Kier molecular flexibility index (Phi) is 3.85. The highest BCUT2D eigenvalue weighted by atomic mass is 16.5. The van der Waals surface area contributed by atoms with E-state index in [0.29, 0.717) is 17.7 Å². The molecule has 1 aliphatic heterocycles. The lowest BCUT2D eigenvalue weighted by Gasteiger charge is -2.36. The Labute approximate surface area is 119 Å². The van der Waals surface area contributed by atoms with Gasteiger partial charge in [0.25, 0.3) is 0 Å². The number of carbonyl (C=O) groups is 1. The van der Waals surface area contributed by atoms with Crippen LogP contribution < -0.4 is 4.74 Å². The van der Waals surface area contributed by atoms with Crippen LogP contribution in [0.5, 0.6) is 5.88 Å². The van der Waals surface area contributed by atoms with Crippen molar-refractivity contribution >= 4 is 5.91 Å². The quantitative estimate of drug-likeness (QED) is 0.846. The topological polar surface area (TPSA) is 55.3 Å². The molecule has 1 saturated heterocycles. The second-order valence-electron chi connectivity index (χ2n) is 5.71. The molecule has 2 aliphatic rings. The molecular weight excluding hydrogens is 254 g/mol. The van der Waals surface area contributed by atoms with Crippen LogP contribution in [0.25, 0.3) is 0 Å². The summed E-state index contributed by atoms with van der Waals surface area (Å²) in [4.78, 5) is 22.5. The van der Waals surface area contributed by atoms with Gasteiger partial charge in [-0.25, -0.2) is 4.98 Å². The van der Waals surface area contributed by atoms with Gasteiger partial charge in [-0.3, -0.25) is 4.79 Å². The van der Waals surface area contributed by atoms with Gasteiger partial charge in [0.2, 0.25) is 11.8 Å². The summed E-state index contributed by atoms with van der Waals surface area (Å²) < 4.78 is 5.88. The van der Waals surface area contributed by atoms with Crippen molar-refractivity contribution in [2.75, 3.05) is 13.1 Å². The zero-order valence-electron chi connectivity index (χ0n) is 11.9. The summed E-state index contributed by atoms with van der Waals surface area (Å²) in [5.74, 6) is 2.02. The van der Waals surface area contributed by atoms with Gasteiger partial charge in [-0.05, 0) is 19.8 Å². The third-order valence-electron chi connectivity index (χ3n) is 4.25. The third kappa shape index (κ3) is 2.92. The normalized spacial score (nSPS) is 20.6. The Morgan fingerprint density at radius 2 is 2.05 bits per heavy atom. The van der Waals surface area contributed by atoms with E-state index in [2.05, 4.69) is 9.97 Å². The highest BCUT2D eigenvalue weighted by Crippen LogP contribution is 2.29. The van der Waals surface area contributed by atoms with Gasteiger partial charge < -0.3 is 9.64 Å². The van der Waals surface area contributed by atoms with E-state index in [1.165, 1.54) is 6.42 Å². The van der Waals surface area contributed by atoms with Crippen LogP contribution in [0.4, 0.5) is 0 Å². The van der Waals surface area contributed by atoms with Crippen LogP contribution in [0.2, 0.25) is 0 Å². The number of hydrogen-bond donors (Lipinski definition) is 0. The Balaban J connectivity index is 1.49. The SMILES string of the molecule is Cc1nccc(OC2CCN(C(=O)C3CCC3)CC2)n1. The van der Waals surface area contributed by atoms with E-state index in [-0.39, 0.29) is 6.10 Å². The molecule has 0 atom stereocenters. The van der Waals surface area contributed by atoms with Crippen molar-refractivity contribution in [1.82, 2.24) is 14.9 Å². The van der Waals surface area contributed by atoms with Gasteiger partial charge >= 0.3 is 0 Å². The molecule has 0 bridgehead atoms. The first-order valence-corrected chi connectivity index (χ1v) is 7.47. The highest BCUT2D eigenvalue weighted by Gasteiger charge is 2.32. The number of likely N-dealkylation sites (tertiary alicyclic amines) is 1. The van der Waals surface area contributed by atoms with Gasteiger partial charge in [0.1, 0.15) is 11.9 Å². The Bertz CT molecular complexity index is 480. The fraction of sp³-hybridized carbons (Fsp3) is 0.667. The summed E-state index contributed by atoms with van der Waals surface area (Å²) >= 11 is 0. The predicted octanol–water partition coefficient (Wildman–Crippen LogP) is 1.95. The van der Waals surface area contributed by atoms with Gasteiger partial charge in [-0.15, -0.1) is 0 Å². The number of hydrogen-bond acceptors (Lipinski definition) is 4. The van der Waals surface area contributed by atoms with E-state index in [4.69, 9.17) is 4.74 Å². The minimum Gasteiger partial charge on any atom is -0.474 e. The lowest BCUT2D eigenvalue weighted by atomic mass is 9.84. The smallest absolute Gasteiger partial charge is 0.225 e. The van der Waals surface area contributed by atoms with E-state index >= 15 is 0 Å². The van der Waals surface area contributed by atoms with E-state index < -0.39 is 0 Å². The standard InChI is InChI=1S/C15H21N3O2/c1-11-16-8-5-14(17-11)20-13-6-9-18(10-7-13)15(19)12-3-2-4-12/h5,8,12-13H,2-4,6-7,9-10H2,1H3. The predicted molar refractivity (Wildman–Crippen MR) is 74.3 cm³/mol. The maximum absolute atomic E-state index is 12.2. The molecule has 5 heteroatoms. The van der Waals surface area contributed by atoms with Gasteiger partial charge in [0, 0.05) is 44.1 Å². The van der Waals surface area contributed by atoms with Crippen molar-refractivity contribution in [2.24, 2.45) is 5.92 Å². The van der Waals surface area contributed by atoms with Crippen LogP contribution in [0, 0.1) is 12.8 Å². The molecule has 1 amide bonds. The van der Waals surface area contributed by atoms with E-state index in [0.717, 1.165) is 44.6 Å². The third-order valence-corrected chi connectivity index (χ3v) is 4.25. The number of ether oxygens (including phenoxy) is 1. The van der Waals surface area contributed by atoms with Crippen molar-refractivity contribution in [2.45, 2.75) is 45.1 Å². The fourth-order valence-corrected chi connectivity index (χ4v) is 2.78. The number of aromatic nitrogens is 2. The summed E-state index contributed by atoms with van der Waals surface area (Å²) in [5.41, 5.74) is 0. The fourth-order valence-electron chi connectivity index (χ4n) is 2.78. The Morgan fingerprint density at radius 1 is 1.30 bits per heavy atom. The molecule has 1 aliphatic carbocycles. The lowest BCUT2D eigenvalue weighted by molar-refractivity contribution is -0.140. The number of rotatable bonds is 3. The molecule has 0 aromatic carbocycles. The van der Waals surface area contributed by atoms with E-state index in [1.54, 1.807) is 12.3 Å². The molecule has 1 aromatic heterocycles. The van der Waals surface area contributed by atoms with Crippen LogP contribution >= 0.6 is 0 Å². The average molecular weight is 275 g/mol. The molecule has 5 nitrogen and oxygen atoms in total. The van der Waals surface area contributed by atoms with Crippen molar-refractivity contribution in [3.05, 3.63) is 18.1 Å². The first-order valence-electron chi connectivity index (χ1n) is 7.47. The number of amides is 1. The molecule has 0 spiro atoms. The molecule has 108 valence electrons. The number of piperidine rings is 1. The lowest BCUT2D eigenvalue weighted by Crippen LogP contribution is -2.45. The van der Waals surface area contributed by atoms with Crippen LogP contribution in [-0.4, -0.2) is 40.0 Å². The summed E-state index contributed by atoms with van der Waals surface area (Å²) in [5, 5.41) is 0. The Morgan fingerprint density at radius 3 is 2.65 bits per heavy atom. The molecule has 3 rings (SSSR count). The molecular formula is C15H21N3O2. The molecule has 0 unspecified atom stereocenters. The van der Waals surface area contributed by atoms with Gasteiger partial charge in [-0.1, -0.05) is 6.42 Å². The number of nitrogens with zero attached hydrogens (tertiary/aromatic N) is 3. The maximum atomic E-state index is 12.2. The van der Waals surface area contributed by atoms with E-state index in [1.807, 2.05) is 11.8 Å². The first-order chi connectivity index (χ1) is 9.72. The van der Waals surface area contributed by atoms with Crippen molar-refractivity contribution in [3.63, 3.8) is 0 Å². The summed E-state index contributed by atoms with van der Waals surface area (Å²) in [6.07, 6.45) is 7.03. The molecule has 20 heavy (non-hydrogen) atoms. The highest BCUT2D eigenvalue weighted by molar-refractivity contribution is 5.79. The minimum atomic E-state index is 0.162. The van der Waals surface area contributed by atoms with Crippen LogP contribution in [-0.2, 0) is 4.79 Å². The van der Waals surface area contributed by atoms with Crippen LogP contribution in [0.1, 0.15) is 37.9 Å². The molecule has 1 aromatic rings.